The summed E-state index contributed by atoms with van der Waals surface area (Å²) in [7, 11) is 0. The van der Waals surface area contributed by atoms with E-state index in [0.29, 0.717) is 6.04 Å². The molecular formula is C15H21BrFN. The lowest BCUT2D eigenvalue weighted by Crippen LogP contribution is -2.31. The molecule has 1 nitrogen and oxygen atoms in total. The van der Waals surface area contributed by atoms with Gasteiger partial charge in [0, 0.05) is 16.6 Å². The molecule has 2 unspecified atom stereocenters. The number of hydrogen-bond donors (Lipinski definition) is 1. The van der Waals surface area contributed by atoms with Crippen LogP contribution in [0.4, 0.5) is 4.39 Å². The molecule has 0 spiro atoms. The van der Waals surface area contributed by atoms with E-state index in [4.69, 9.17) is 0 Å². The van der Waals surface area contributed by atoms with E-state index in [1.54, 1.807) is 0 Å². The second-order valence-electron chi connectivity index (χ2n) is 5.34. The SMILES string of the molecule is CCC(CC1CC1)NC(C)c1ccc(F)cc1Br. The van der Waals surface area contributed by atoms with Crippen LogP contribution in [0.5, 0.6) is 0 Å². The molecule has 1 aliphatic carbocycles. The van der Waals surface area contributed by atoms with Crippen LogP contribution in [-0.4, -0.2) is 6.04 Å². The van der Waals surface area contributed by atoms with E-state index in [0.717, 1.165) is 22.4 Å². The molecule has 0 saturated heterocycles. The molecule has 1 N–H and O–H groups in total. The van der Waals surface area contributed by atoms with Crippen LogP contribution in [0, 0.1) is 11.7 Å². The summed E-state index contributed by atoms with van der Waals surface area (Å²) in [5.41, 5.74) is 1.13. The Balaban J connectivity index is 1.98. The van der Waals surface area contributed by atoms with E-state index >= 15 is 0 Å². The molecule has 1 saturated carbocycles. The summed E-state index contributed by atoms with van der Waals surface area (Å²) in [6.07, 6.45) is 5.22. The Morgan fingerprint density at radius 1 is 1.44 bits per heavy atom. The maximum atomic E-state index is 13.1. The molecule has 3 heteroatoms. The van der Waals surface area contributed by atoms with Crippen molar-refractivity contribution in [3.05, 3.63) is 34.1 Å². The Morgan fingerprint density at radius 3 is 2.72 bits per heavy atom. The number of halogens is 2. The minimum Gasteiger partial charge on any atom is -0.307 e. The van der Waals surface area contributed by atoms with Crippen molar-refractivity contribution in [2.45, 2.75) is 51.6 Å². The fourth-order valence-corrected chi connectivity index (χ4v) is 3.10. The third-order valence-corrected chi connectivity index (χ3v) is 4.41. The largest absolute Gasteiger partial charge is 0.307 e. The normalized spacial score (nSPS) is 18.7. The monoisotopic (exact) mass is 313 g/mol. The molecule has 0 amide bonds. The van der Waals surface area contributed by atoms with E-state index in [1.165, 1.54) is 31.4 Å². The Bertz CT molecular complexity index is 403. The van der Waals surface area contributed by atoms with Crippen molar-refractivity contribution in [1.29, 1.82) is 0 Å². The fraction of sp³-hybridized carbons (Fsp3) is 0.600. The van der Waals surface area contributed by atoms with Crippen LogP contribution >= 0.6 is 15.9 Å². The average Bonchev–Trinajstić information content (AvgIpc) is 3.11. The van der Waals surface area contributed by atoms with Gasteiger partial charge in [0.15, 0.2) is 0 Å². The van der Waals surface area contributed by atoms with Gasteiger partial charge in [0.1, 0.15) is 5.82 Å². The van der Waals surface area contributed by atoms with Crippen LogP contribution in [0.1, 0.15) is 51.1 Å². The second kappa shape index (κ2) is 6.16. The third-order valence-electron chi connectivity index (χ3n) is 3.72. The van der Waals surface area contributed by atoms with Gasteiger partial charge in [-0.1, -0.05) is 41.8 Å². The average molecular weight is 314 g/mol. The fourth-order valence-electron chi connectivity index (χ4n) is 2.40. The van der Waals surface area contributed by atoms with Crippen LogP contribution in [0.25, 0.3) is 0 Å². The van der Waals surface area contributed by atoms with Gasteiger partial charge in [-0.3, -0.25) is 0 Å². The second-order valence-corrected chi connectivity index (χ2v) is 6.19. The van der Waals surface area contributed by atoms with Crippen LogP contribution < -0.4 is 5.32 Å². The Labute approximate surface area is 117 Å². The zero-order valence-electron chi connectivity index (χ0n) is 11.0. The first-order valence-corrected chi connectivity index (χ1v) is 7.60. The van der Waals surface area contributed by atoms with Gasteiger partial charge in [-0.15, -0.1) is 0 Å². The summed E-state index contributed by atoms with van der Waals surface area (Å²) in [4.78, 5) is 0. The molecule has 0 heterocycles. The summed E-state index contributed by atoms with van der Waals surface area (Å²) < 4.78 is 13.9. The predicted molar refractivity (Wildman–Crippen MR) is 77.1 cm³/mol. The van der Waals surface area contributed by atoms with Gasteiger partial charge in [-0.25, -0.2) is 4.39 Å². The topological polar surface area (TPSA) is 12.0 Å². The van der Waals surface area contributed by atoms with E-state index in [2.05, 4.69) is 35.1 Å². The highest BCUT2D eigenvalue weighted by atomic mass is 79.9. The van der Waals surface area contributed by atoms with Crippen molar-refractivity contribution in [2.24, 2.45) is 5.92 Å². The summed E-state index contributed by atoms with van der Waals surface area (Å²) in [6.45, 7) is 4.38. The van der Waals surface area contributed by atoms with Gasteiger partial charge in [-0.05, 0) is 43.4 Å². The lowest BCUT2D eigenvalue weighted by Gasteiger charge is -2.23. The lowest BCUT2D eigenvalue weighted by molar-refractivity contribution is 0.403. The van der Waals surface area contributed by atoms with Gasteiger partial charge in [0.05, 0.1) is 0 Å². The maximum Gasteiger partial charge on any atom is 0.124 e. The van der Waals surface area contributed by atoms with Crippen molar-refractivity contribution in [3.63, 3.8) is 0 Å². The number of benzene rings is 1. The summed E-state index contributed by atoms with van der Waals surface area (Å²) in [5.74, 6) is 0.745. The summed E-state index contributed by atoms with van der Waals surface area (Å²) >= 11 is 3.44. The van der Waals surface area contributed by atoms with Crippen LogP contribution in [0.3, 0.4) is 0 Å². The highest BCUT2D eigenvalue weighted by Crippen LogP contribution is 2.35. The first-order valence-electron chi connectivity index (χ1n) is 6.81. The highest BCUT2D eigenvalue weighted by molar-refractivity contribution is 9.10. The van der Waals surface area contributed by atoms with Crippen LogP contribution in [-0.2, 0) is 0 Å². The van der Waals surface area contributed by atoms with Gasteiger partial charge >= 0.3 is 0 Å². The van der Waals surface area contributed by atoms with E-state index in [-0.39, 0.29) is 11.9 Å². The Kier molecular flexibility index (Phi) is 4.79. The van der Waals surface area contributed by atoms with Crippen LogP contribution in [0.15, 0.2) is 22.7 Å². The summed E-state index contributed by atoms with van der Waals surface area (Å²) in [5, 5.41) is 3.66. The molecule has 1 aromatic rings. The lowest BCUT2D eigenvalue weighted by atomic mass is 10.0. The zero-order chi connectivity index (χ0) is 13.1. The van der Waals surface area contributed by atoms with Gasteiger partial charge in [0.25, 0.3) is 0 Å². The van der Waals surface area contributed by atoms with Crippen molar-refractivity contribution in [2.75, 3.05) is 0 Å². The van der Waals surface area contributed by atoms with Crippen molar-refractivity contribution >= 4 is 15.9 Å². The van der Waals surface area contributed by atoms with E-state index in [9.17, 15) is 4.39 Å². The number of rotatable bonds is 6. The predicted octanol–water partition coefficient (Wildman–Crippen LogP) is 4.82. The first kappa shape index (κ1) is 14.0. The zero-order valence-corrected chi connectivity index (χ0v) is 12.6. The third kappa shape index (κ3) is 3.79. The highest BCUT2D eigenvalue weighted by Gasteiger charge is 2.25. The van der Waals surface area contributed by atoms with Crippen LogP contribution in [0.2, 0.25) is 0 Å². The van der Waals surface area contributed by atoms with Crippen molar-refractivity contribution in [3.8, 4) is 0 Å². The quantitative estimate of drug-likeness (QED) is 0.794. The molecule has 18 heavy (non-hydrogen) atoms. The molecule has 0 bridgehead atoms. The number of hydrogen-bond acceptors (Lipinski definition) is 1. The molecule has 1 fully saturated rings. The molecule has 2 rings (SSSR count). The molecular weight excluding hydrogens is 293 g/mol. The smallest absolute Gasteiger partial charge is 0.124 e. The maximum absolute atomic E-state index is 13.1. The summed E-state index contributed by atoms with van der Waals surface area (Å²) in [6, 6.07) is 5.75. The minimum absolute atomic E-state index is 0.192. The minimum atomic E-state index is -0.192. The Morgan fingerprint density at radius 2 is 2.17 bits per heavy atom. The molecule has 0 aromatic heterocycles. The first-order chi connectivity index (χ1) is 8.60. The van der Waals surface area contributed by atoms with Gasteiger partial charge in [0.2, 0.25) is 0 Å². The molecule has 100 valence electrons. The van der Waals surface area contributed by atoms with Gasteiger partial charge < -0.3 is 5.32 Å². The molecule has 2 atom stereocenters. The molecule has 1 aliphatic rings. The van der Waals surface area contributed by atoms with Gasteiger partial charge in [-0.2, -0.15) is 0 Å². The molecule has 0 radical (unpaired) electrons. The van der Waals surface area contributed by atoms with E-state index in [1.807, 2.05) is 6.07 Å². The number of nitrogens with one attached hydrogen (secondary N) is 1. The van der Waals surface area contributed by atoms with Crippen molar-refractivity contribution in [1.82, 2.24) is 5.32 Å². The molecule has 1 aromatic carbocycles. The van der Waals surface area contributed by atoms with Crippen molar-refractivity contribution < 1.29 is 4.39 Å². The Hall–Kier alpha value is -0.410. The van der Waals surface area contributed by atoms with E-state index < -0.39 is 0 Å². The molecule has 0 aliphatic heterocycles. The standard InChI is InChI=1S/C15H21BrFN/c1-3-13(8-11-4-5-11)18-10(2)14-7-6-12(17)9-15(14)16/h6-7,9-11,13,18H,3-5,8H2,1-2H3.